The fourth-order valence-electron chi connectivity index (χ4n) is 1.58. The SMILES string of the molecule is Cc1ccnn1Cc1cccc(OC(F)(F)F)c1. The van der Waals surface area contributed by atoms with Crippen LogP contribution in [0.15, 0.2) is 36.5 Å². The second-order valence-electron chi connectivity index (χ2n) is 3.83. The van der Waals surface area contributed by atoms with E-state index in [2.05, 4.69) is 9.84 Å². The zero-order valence-electron chi connectivity index (χ0n) is 9.61. The Morgan fingerprint density at radius 2 is 2.06 bits per heavy atom. The number of rotatable bonds is 3. The van der Waals surface area contributed by atoms with Crippen molar-refractivity contribution < 1.29 is 17.9 Å². The number of aryl methyl sites for hydroxylation is 1. The van der Waals surface area contributed by atoms with Gasteiger partial charge in [0.05, 0.1) is 6.54 Å². The highest BCUT2D eigenvalue weighted by molar-refractivity contribution is 5.29. The van der Waals surface area contributed by atoms with E-state index in [-0.39, 0.29) is 5.75 Å². The van der Waals surface area contributed by atoms with E-state index in [0.717, 1.165) is 5.69 Å². The average Bonchev–Trinajstić information content (AvgIpc) is 2.62. The van der Waals surface area contributed by atoms with E-state index in [9.17, 15) is 13.2 Å². The van der Waals surface area contributed by atoms with Gasteiger partial charge in [-0.3, -0.25) is 4.68 Å². The van der Waals surface area contributed by atoms with Crippen molar-refractivity contribution in [3.8, 4) is 5.75 Å². The molecule has 0 atom stereocenters. The maximum atomic E-state index is 12.1. The van der Waals surface area contributed by atoms with Crippen LogP contribution < -0.4 is 4.74 Å². The summed E-state index contributed by atoms with van der Waals surface area (Å²) in [6.45, 7) is 2.29. The van der Waals surface area contributed by atoms with Crippen LogP contribution in [0.4, 0.5) is 13.2 Å². The Kier molecular flexibility index (Phi) is 3.27. The third-order valence-corrected chi connectivity index (χ3v) is 2.39. The van der Waals surface area contributed by atoms with E-state index >= 15 is 0 Å². The molecule has 0 aliphatic carbocycles. The molecule has 2 rings (SSSR count). The van der Waals surface area contributed by atoms with Gasteiger partial charge in [-0.25, -0.2) is 0 Å². The number of aromatic nitrogens is 2. The van der Waals surface area contributed by atoms with Gasteiger partial charge in [-0.1, -0.05) is 12.1 Å². The lowest BCUT2D eigenvalue weighted by Gasteiger charge is -2.10. The molecule has 0 amide bonds. The Labute approximate surface area is 102 Å². The first-order valence-corrected chi connectivity index (χ1v) is 5.27. The summed E-state index contributed by atoms with van der Waals surface area (Å²) in [4.78, 5) is 0. The lowest BCUT2D eigenvalue weighted by atomic mass is 10.2. The molecule has 0 saturated heterocycles. The molecule has 0 N–H and O–H groups in total. The second-order valence-corrected chi connectivity index (χ2v) is 3.83. The van der Waals surface area contributed by atoms with Gasteiger partial charge in [0.2, 0.25) is 0 Å². The highest BCUT2D eigenvalue weighted by Crippen LogP contribution is 2.23. The normalized spacial score (nSPS) is 11.6. The molecule has 0 aliphatic rings. The number of alkyl halides is 3. The monoisotopic (exact) mass is 256 g/mol. The molecule has 1 aromatic heterocycles. The number of nitrogens with zero attached hydrogens (tertiary/aromatic N) is 2. The molecule has 1 heterocycles. The Balaban J connectivity index is 2.15. The molecule has 0 fully saturated rings. The first-order chi connectivity index (χ1) is 8.44. The maximum Gasteiger partial charge on any atom is 0.573 e. The van der Waals surface area contributed by atoms with Crippen molar-refractivity contribution in [2.45, 2.75) is 19.8 Å². The zero-order chi connectivity index (χ0) is 13.2. The number of hydrogen-bond acceptors (Lipinski definition) is 2. The summed E-state index contributed by atoms with van der Waals surface area (Å²) in [6.07, 6.45) is -3.02. The third kappa shape index (κ3) is 3.26. The molecule has 0 unspecified atom stereocenters. The summed E-state index contributed by atoms with van der Waals surface area (Å²) in [7, 11) is 0. The number of ether oxygens (including phenoxy) is 1. The van der Waals surface area contributed by atoms with Gasteiger partial charge < -0.3 is 4.74 Å². The van der Waals surface area contributed by atoms with Crippen LogP contribution in [0.3, 0.4) is 0 Å². The van der Waals surface area contributed by atoms with Gasteiger partial charge in [0.1, 0.15) is 5.75 Å². The molecule has 1 aromatic carbocycles. The highest BCUT2D eigenvalue weighted by atomic mass is 19.4. The van der Waals surface area contributed by atoms with Crippen LogP contribution in [0.25, 0.3) is 0 Å². The van der Waals surface area contributed by atoms with Gasteiger partial charge in [0.25, 0.3) is 0 Å². The first-order valence-electron chi connectivity index (χ1n) is 5.27. The summed E-state index contributed by atoms with van der Waals surface area (Å²) in [6, 6.07) is 7.71. The number of hydrogen-bond donors (Lipinski definition) is 0. The molecule has 6 heteroatoms. The largest absolute Gasteiger partial charge is 0.573 e. The molecular formula is C12H11F3N2O. The fraction of sp³-hybridized carbons (Fsp3) is 0.250. The molecule has 0 saturated carbocycles. The smallest absolute Gasteiger partial charge is 0.406 e. The van der Waals surface area contributed by atoms with Gasteiger partial charge in [-0.05, 0) is 30.7 Å². The van der Waals surface area contributed by atoms with Crippen LogP contribution in [0.5, 0.6) is 5.75 Å². The molecule has 0 aliphatic heterocycles. The van der Waals surface area contributed by atoms with E-state index in [4.69, 9.17) is 0 Å². The Morgan fingerprint density at radius 3 is 2.67 bits per heavy atom. The van der Waals surface area contributed by atoms with Crippen LogP contribution in [0.2, 0.25) is 0 Å². The van der Waals surface area contributed by atoms with Crippen LogP contribution in [-0.2, 0) is 6.54 Å². The summed E-state index contributed by atoms with van der Waals surface area (Å²) in [5.74, 6) is -0.218. The second kappa shape index (κ2) is 4.72. The van der Waals surface area contributed by atoms with Crippen LogP contribution in [0.1, 0.15) is 11.3 Å². The average molecular weight is 256 g/mol. The van der Waals surface area contributed by atoms with Gasteiger partial charge in [0, 0.05) is 11.9 Å². The molecule has 0 spiro atoms. The third-order valence-electron chi connectivity index (χ3n) is 2.39. The van der Waals surface area contributed by atoms with Crippen LogP contribution in [-0.4, -0.2) is 16.1 Å². The summed E-state index contributed by atoms with van der Waals surface area (Å²) in [5.41, 5.74) is 1.64. The van der Waals surface area contributed by atoms with Crippen molar-refractivity contribution in [2.24, 2.45) is 0 Å². The molecular weight excluding hydrogens is 245 g/mol. The Bertz CT molecular complexity index is 534. The zero-order valence-corrected chi connectivity index (χ0v) is 9.61. The van der Waals surface area contributed by atoms with Gasteiger partial charge in [0.15, 0.2) is 0 Å². The Hall–Kier alpha value is -1.98. The minimum absolute atomic E-state index is 0.218. The van der Waals surface area contributed by atoms with Crippen molar-refractivity contribution in [2.75, 3.05) is 0 Å². The van der Waals surface area contributed by atoms with Crippen molar-refractivity contribution in [3.63, 3.8) is 0 Å². The number of halogens is 3. The minimum atomic E-state index is -4.67. The van der Waals surface area contributed by atoms with Gasteiger partial charge in [-0.15, -0.1) is 13.2 Å². The van der Waals surface area contributed by atoms with Crippen LogP contribution >= 0.6 is 0 Å². The summed E-state index contributed by atoms with van der Waals surface area (Å²) < 4.78 is 41.8. The van der Waals surface area contributed by atoms with E-state index in [1.165, 1.54) is 18.2 Å². The van der Waals surface area contributed by atoms with Crippen LogP contribution in [0, 0.1) is 6.92 Å². The predicted octanol–water partition coefficient (Wildman–Crippen LogP) is 3.14. The quantitative estimate of drug-likeness (QED) is 0.843. The summed E-state index contributed by atoms with van der Waals surface area (Å²) in [5, 5.41) is 4.07. The Morgan fingerprint density at radius 1 is 1.28 bits per heavy atom. The fourth-order valence-corrected chi connectivity index (χ4v) is 1.58. The lowest BCUT2D eigenvalue weighted by molar-refractivity contribution is -0.274. The molecule has 18 heavy (non-hydrogen) atoms. The maximum absolute atomic E-state index is 12.1. The van der Waals surface area contributed by atoms with Crippen molar-refractivity contribution in [1.82, 2.24) is 9.78 Å². The van der Waals surface area contributed by atoms with Crippen molar-refractivity contribution in [3.05, 3.63) is 47.8 Å². The molecule has 2 aromatic rings. The van der Waals surface area contributed by atoms with Gasteiger partial charge in [-0.2, -0.15) is 5.10 Å². The minimum Gasteiger partial charge on any atom is -0.406 e. The molecule has 96 valence electrons. The molecule has 0 radical (unpaired) electrons. The number of benzene rings is 1. The molecule has 0 bridgehead atoms. The first kappa shape index (κ1) is 12.5. The molecule has 3 nitrogen and oxygen atoms in total. The van der Waals surface area contributed by atoms with E-state index < -0.39 is 6.36 Å². The topological polar surface area (TPSA) is 27.1 Å². The van der Waals surface area contributed by atoms with E-state index in [1.54, 1.807) is 16.9 Å². The van der Waals surface area contributed by atoms with Crippen molar-refractivity contribution in [1.29, 1.82) is 0 Å². The summed E-state index contributed by atoms with van der Waals surface area (Å²) >= 11 is 0. The van der Waals surface area contributed by atoms with E-state index in [1.807, 2.05) is 13.0 Å². The van der Waals surface area contributed by atoms with Crippen molar-refractivity contribution >= 4 is 0 Å². The standard InChI is InChI=1S/C12H11F3N2O/c1-9-5-6-16-17(9)8-10-3-2-4-11(7-10)18-12(13,14)15/h2-7H,8H2,1H3. The van der Waals surface area contributed by atoms with E-state index in [0.29, 0.717) is 12.1 Å². The highest BCUT2D eigenvalue weighted by Gasteiger charge is 2.31. The predicted molar refractivity (Wildman–Crippen MR) is 59.2 cm³/mol. The lowest BCUT2D eigenvalue weighted by Crippen LogP contribution is -2.17. The van der Waals surface area contributed by atoms with Gasteiger partial charge >= 0.3 is 6.36 Å².